The first kappa shape index (κ1) is 14.1. The van der Waals surface area contributed by atoms with Gasteiger partial charge in [0.2, 0.25) is 0 Å². The number of aryl methyl sites for hydroxylation is 1. The molecule has 3 aromatic rings. The van der Waals surface area contributed by atoms with Crippen molar-refractivity contribution in [2.24, 2.45) is 0 Å². The quantitative estimate of drug-likeness (QED) is 0.799. The first-order valence-corrected chi connectivity index (χ1v) is 7.12. The maximum atomic E-state index is 12.5. The lowest BCUT2D eigenvalue weighted by atomic mass is 10.2. The van der Waals surface area contributed by atoms with Gasteiger partial charge in [0.15, 0.2) is 0 Å². The Hall–Kier alpha value is -2.88. The van der Waals surface area contributed by atoms with E-state index >= 15 is 0 Å². The van der Waals surface area contributed by atoms with Crippen molar-refractivity contribution in [2.75, 3.05) is 5.32 Å². The van der Waals surface area contributed by atoms with E-state index in [4.69, 9.17) is 0 Å². The Morgan fingerprint density at radius 2 is 1.86 bits per heavy atom. The number of rotatable bonds is 3. The van der Waals surface area contributed by atoms with Crippen LogP contribution < -0.4 is 5.32 Å². The first-order valence-electron chi connectivity index (χ1n) is 7.12. The summed E-state index contributed by atoms with van der Waals surface area (Å²) >= 11 is 0. The summed E-state index contributed by atoms with van der Waals surface area (Å²) in [5.41, 5.74) is 4.37. The first-order chi connectivity index (χ1) is 10.7. The number of carbonyl (C=O) groups excluding carboxylic acids is 1. The van der Waals surface area contributed by atoms with Crippen LogP contribution in [0.15, 0.2) is 60.9 Å². The lowest BCUT2D eigenvalue weighted by molar-refractivity contribution is 0.102. The summed E-state index contributed by atoms with van der Waals surface area (Å²) in [5.74, 6) is -0.122. The van der Waals surface area contributed by atoms with Crippen molar-refractivity contribution in [2.45, 2.75) is 13.8 Å². The molecule has 4 heteroatoms. The fraction of sp³-hybridized carbons (Fsp3) is 0.111. The maximum absolute atomic E-state index is 12.5. The second-order valence-electron chi connectivity index (χ2n) is 5.15. The molecule has 1 amide bonds. The average molecular weight is 291 g/mol. The normalized spacial score (nSPS) is 10.5. The minimum Gasteiger partial charge on any atom is -0.321 e. The molecule has 0 saturated heterocycles. The van der Waals surface area contributed by atoms with E-state index < -0.39 is 0 Å². The predicted molar refractivity (Wildman–Crippen MR) is 87.4 cm³/mol. The summed E-state index contributed by atoms with van der Waals surface area (Å²) < 4.78 is 2.08. The molecule has 2 heterocycles. The Balaban J connectivity index is 1.94. The summed E-state index contributed by atoms with van der Waals surface area (Å²) in [5, 5.41) is 2.88. The van der Waals surface area contributed by atoms with Crippen molar-refractivity contribution in [3.63, 3.8) is 0 Å². The molecule has 0 radical (unpaired) electrons. The van der Waals surface area contributed by atoms with Crippen molar-refractivity contribution in [1.29, 1.82) is 0 Å². The van der Waals surface area contributed by atoms with Gasteiger partial charge in [-0.05, 0) is 44.2 Å². The second kappa shape index (κ2) is 5.85. The molecule has 1 aromatic carbocycles. The van der Waals surface area contributed by atoms with Crippen LogP contribution in [0.3, 0.4) is 0 Å². The standard InChI is InChI=1S/C18H17N3O/c1-13-11-17(18(22)20-15-7-6-10-19-12-15)14(2)21(13)16-8-4-3-5-9-16/h3-12H,1-2H3,(H,20,22). The van der Waals surface area contributed by atoms with Crippen LogP contribution in [0.4, 0.5) is 5.69 Å². The SMILES string of the molecule is Cc1cc(C(=O)Nc2cccnc2)c(C)n1-c1ccccc1. The number of nitrogens with zero attached hydrogens (tertiary/aromatic N) is 2. The highest BCUT2D eigenvalue weighted by Gasteiger charge is 2.16. The van der Waals surface area contributed by atoms with Crippen molar-refractivity contribution in [3.8, 4) is 5.69 Å². The lowest BCUT2D eigenvalue weighted by Crippen LogP contribution is -2.13. The molecule has 0 spiro atoms. The lowest BCUT2D eigenvalue weighted by Gasteiger charge is -2.10. The minimum atomic E-state index is -0.122. The Bertz CT molecular complexity index is 792. The number of pyridine rings is 1. The van der Waals surface area contributed by atoms with E-state index in [1.165, 1.54) is 0 Å². The van der Waals surface area contributed by atoms with Gasteiger partial charge in [0.05, 0.1) is 17.4 Å². The molecular formula is C18H17N3O. The molecule has 22 heavy (non-hydrogen) atoms. The van der Waals surface area contributed by atoms with Gasteiger partial charge in [0.25, 0.3) is 5.91 Å². The molecule has 0 saturated carbocycles. The van der Waals surface area contributed by atoms with E-state index in [2.05, 4.69) is 14.9 Å². The number of benzene rings is 1. The van der Waals surface area contributed by atoms with Crippen LogP contribution in [0.2, 0.25) is 0 Å². The molecule has 0 aliphatic rings. The zero-order valence-corrected chi connectivity index (χ0v) is 12.6. The van der Waals surface area contributed by atoms with Crippen molar-refractivity contribution in [1.82, 2.24) is 9.55 Å². The third-order valence-corrected chi connectivity index (χ3v) is 3.61. The molecule has 4 nitrogen and oxygen atoms in total. The van der Waals surface area contributed by atoms with Gasteiger partial charge in [-0.25, -0.2) is 0 Å². The van der Waals surface area contributed by atoms with Crippen LogP contribution in [-0.4, -0.2) is 15.5 Å². The number of nitrogens with one attached hydrogen (secondary N) is 1. The number of anilines is 1. The summed E-state index contributed by atoms with van der Waals surface area (Å²) in [6.07, 6.45) is 3.31. The summed E-state index contributed by atoms with van der Waals surface area (Å²) in [4.78, 5) is 16.5. The highest BCUT2D eigenvalue weighted by Crippen LogP contribution is 2.21. The molecule has 1 N–H and O–H groups in total. The molecule has 110 valence electrons. The Morgan fingerprint density at radius 1 is 1.09 bits per heavy atom. The molecule has 0 aliphatic carbocycles. The summed E-state index contributed by atoms with van der Waals surface area (Å²) in [6.45, 7) is 3.96. The molecule has 0 aliphatic heterocycles. The number of amides is 1. The fourth-order valence-corrected chi connectivity index (χ4v) is 2.60. The molecule has 2 aromatic heterocycles. The van der Waals surface area contributed by atoms with Crippen LogP contribution in [0.25, 0.3) is 5.69 Å². The van der Waals surface area contributed by atoms with Gasteiger partial charge in [0, 0.05) is 23.3 Å². The topological polar surface area (TPSA) is 46.9 Å². The monoisotopic (exact) mass is 291 g/mol. The maximum Gasteiger partial charge on any atom is 0.257 e. The van der Waals surface area contributed by atoms with Crippen molar-refractivity contribution >= 4 is 11.6 Å². The van der Waals surface area contributed by atoms with Crippen LogP contribution in [0.5, 0.6) is 0 Å². The van der Waals surface area contributed by atoms with E-state index in [9.17, 15) is 4.79 Å². The zero-order valence-electron chi connectivity index (χ0n) is 12.6. The van der Waals surface area contributed by atoms with E-state index in [0.29, 0.717) is 11.3 Å². The van der Waals surface area contributed by atoms with E-state index in [-0.39, 0.29) is 5.91 Å². The molecular weight excluding hydrogens is 274 g/mol. The highest BCUT2D eigenvalue weighted by atomic mass is 16.1. The number of hydrogen-bond acceptors (Lipinski definition) is 2. The Labute approximate surface area is 129 Å². The smallest absolute Gasteiger partial charge is 0.257 e. The second-order valence-corrected chi connectivity index (χ2v) is 5.15. The number of aromatic nitrogens is 2. The Morgan fingerprint density at radius 3 is 2.55 bits per heavy atom. The minimum absolute atomic E-state index is 0.122. The fourth-order valence-electron chi connectivity index (χ4n) is 2.60. The third-order valence-electron chi connectivity index (χ3n) is 3.61. The van der Waals surface area contributed by atoms with Crippen molar-refractivity contribution in [3.05, 3.63) is 77.9 Å². The predicted octanol–water partition coefficient (Wildman–Crippen LogP) is 3.74. The summed E-state index contributed by atoms with van der Waals surface area (Å²) in [6, 6.07) is 15.5. The molecule has 0 atom stereocenters. The van der Waals surface area contributed by atoms with E-state index in [0.717, 1.165) is 17.1 Å². The van der Waals surface area contributed by atoms with Crippen LogP contribution in [-0.2, 0) is 0 Å². The van der Waals surface area contributed by atoms with Gasteiger partial charge in [-0.2, -0.15) is 0 Å². The summed E-state index contributed by atoms with van der Waals surface area (Å²) in [7, 11) is 0. The van der Waals surface area contributed by atoms with Crippen LogP contribution >= 0.6 is 0 Å². The molecule has 3 rings (SSSR count). The van der Waals surface area contributed by atoms with Gasteiger partial charge in [-0.15, -0.1) is 0 Å². The number of carbonyl (C=O) groups is 1. The van der Waals surface area contributed by atoms with E-state index in [1.54, 1.807) is 18.5 Å². The van der Waals surface area contributed by atoms with E-state index in [1.807, 2.05) is 56.3 Å². The van der Waals surface area contributed by atoms with Crippen LogP contribution in [0.1, 0.15) is 21.7 Å². The van der Waals surface area contributed by atoms with Crippen molar-refractivity contribution < 1.29 is 4.79 Å². The van der Waals surface area contributed by atoms with Gasteiger partial charge in [-0.1, -0.05) is 18.2 Å². The zero-order chi connectivity index (χ0) is 15.5. The van der Waals surface area contributed by atoms with Gasteiger partial charge >= 0.3 is 0 Å². The van der Waals surface area contributed by atoms with Crippen LogP contribution in [0, 0.1) is 13.8 Å². The molecule has 0 fully saturated rings. The number of para-hydroxylation sites is 1. The van der Waals surface area contributed by atoms with Gasteiger partial charge in [-0.3, -0.25) is 9.78 Å². The van der Waals surface area contributed by atoms with Gasteiger partial charge in [0.1, 0.15) is 0 Å². The molecule has 0 bridgehead atoms. The number of hydrogen-bond donors (Lipinski definition) is 1. The highest BCUT2D eigenvalue weighted by molar-refractivity contribution is 6.05. The largest absolute Gasteiger partial charge is 0.321 e. The average Bonchev–Trinajstić information content (AvgIpc) is 2.84. The molecule has 0 unspecified atom stereocenters. The Kier molecular flexibility index (Phi) is 3.74. The van der Waals surface area contributed by atoms with Gasteiger partial charge < -0.3 is 9.88 Å². The third kappa shape index (κ3) is 2.63.